The molecular weight excluding hydrogens is 268 g/mol. The topological polar surface area (TPSA) is 59.6 Å². The van der Waals surface area contributed by atoms with Gasteiger partial charge in [-0.1, -0.05) is 6.07 Å². The van der Waals surface area contributed by atoms with E-state index in [9.17, 15) is 4.79 Å². The second-order valence-corrected chi connectivity index (χ2v) is 6.15. The number of hydrogen-bond donors (Lipinski definition) is 2. The second kappa shape index (κ2) is 5.56. The van der Waals surface area contributed by atoms with Crippen LogP contribution >= 0.6 is 0 Å². The maximum atomic E-state index is 12.6. The largest absolute Gasteiger partial charge is 0.486 e. The molecule has 1 amide bonds. The van der Waals surface area contributed by atoms with Crippen molar-refractivity contribution in [2.45, 2.75) is 31.7 Å². The number of carbonyl (C=O) groups excluding carboxylic acids is 1. The molecule has 0 bridgehead atoms. The molecule has 1 aromatic carbocycles. The molecule has 1 unspecified atom stereocenters. The van der Waals surface area contributed by atoms with Gasteiger partial charge in [0.1, 0.15) is 13.2 Å². The Morgan fingerprint density at radius 3 is 2.76 bits per heavy atom. The maximum Gasteiger partial charge on any atom is 0.230 e. The second-order valence-electron chi connectivity index (χ2n) is 6.15. The number of rotatable bonds is 3. The predicted octanol–water partition coefficient (Wildman–Crippen LogP) is 1.21. The van der Waals surface area contributed by atoms with Gasteiger partial charge in [-0.3, -0.25) is 4.79 Å². The van der Waals surface area contributed by atoms with Crippen LogP contribution in [0.2, 0.25) is 0 Å². The van der Waals surface area contributed by atoms with E-state index in [-0.39, 0.29) is 11.9 Å². The first kappa shape index (κ1) is 14.2. The molecule has 0 aliphatic carbocycles. The van der Waals surface area contributed by atoms with Gasteiger partial charge in [-0.25, -0.2) is 0 Å². The van der Waals surface area contributed by atoms with E-state index in [0.29, 0.717) is 13.2 Å². The summed E-state index contributed by atoms with van der Waals surface area (Å²) in [7, 11) is 0. The van der Waals surface area contributed by atoms with E-state index in [0.717, 1.165) is 36.6 Å². The van der Waals surface area contributed by atoms with E-state index in [4.69, 9.17) is 9.47 Å². The summed E-state index contributed by atoms with van der Waals surface area (Å²) in [6.07, 6.45) is 0.989. The molecule has 1 aromatic rings. The Hall–Kier alpha value is -1.75. The van der Waals surface area contributed by atoms with Gasteiger partial charge in [0, 0.05) is 12.6 Å². The third-order valence-corrected chi connectivity index (χ3v) is 4.23. The van der Waals surface area contributed by atoms with Gasteiger partial charge in [0.15, 0.2) is 11.5 Å². The Morgan fingerprint density at radius 2 is 2.05 bits per heavy atom. The summed E-state index contributed by atoms with van der Waals surface area (Å²) in [6, 6.07) is 5.98. The first-order chi connectivity index (χ1) is 10.1. The first-order valence-corrected chi connectivity index (χ1v) is 7.49. The molecule has 2 aliphatic rings. The molecule has 0 saturated carbocycles. The molecule has 2 heterocycles. The third kappa shape index (κ3) is 2.83. The van der Waals surface area contributed by atoms with E-state index in [1.54, 1.807) is 0 Å². The zero-order valence-corrected chi connectivity index (χ0v) is 12.6. The van der Waals surface area contributed by atoms with Crippen LogP contribution in [0.3, 0.4) is 0 Å². The average Bonchev–Trinajstić information content (AvgIpc) is 2.99. The number of amides is 1. The summed E-state index contributed by atoms with van der Waals surface area (Å²) in [5.41, 5.74) is 0.341. The number of fused-ring (bicyclic) bond motifs is 1. The highest BCUT2D eigenvalue weighted by molar-refractivity contribution is 5.87. The van der Waals surface area contributed by atoms with Gasteiger partial charge in [-0.05, 0) is 44.5 Å². The van der Waals surface area contributed by atoms with E-state index < -0.39 is 5.41 Å². The van der Waals surface area contributed by atoms with Gasteiger partial charge in [0.05, 0.1) is 5.41 Å². The van der Waals surface area contributed by atoms with Crippen molar-refractivity contribution in [2.75, 3.05) is 26.3 Å². The van der Waals surface area contributed by atoms with Crippen molar-refractivity contribution in [3.63, 3.8) is 0 Å². The Bertz CT molecular complexity index is 536. The van der Waals surface area contributed by atoms with Crippen molar-refractivity contribution in [3.8, 4) is 11.5 Å². The monoisotopic (exact) mass is 290 g/mol. The van der Waals surface area contributed by atoms with Crippen molar-refractivity contribution < 1.29 is 14.3 Å². The number of ether oxygens (including phenoxy) is 2. The van der Waals surface area contributed by atoms with Crippen LogP contribution in [0.5, 0.6) is 11.5 Å². The standard InChI is InChI=1S/C16H22N2O3/c1-16(2,15(19)18-12-5-6-17-10-12)11-3-4-13-14(9-11)21-8-7-20-13/h3-4,9,12,17H,5-8,10H2,1-2H3,(H,18,19). The minimum atomic E-state index is -0.599. The van der Waals surface area contributed by atoms with Crippen molar-refractivity contribution in [3.05, 3.63) is 23.8 Å². The summed E-state index contributed by atoms with van der Waals surface area (Å²) in [4.78, 5) is 12.6. The lowest BCUT2D eigenvalue weighted by molar-refractivity contribution is -0.126. The van der Waals surface area contributed by atoms with Crippen LogP contribution in [-0.4, -0.2) is 38.3 Å². The molecule has 0 spiro atoms. The highest BCUT2D eigenvalue weighted by atomic mass is 16.6. The van der Waals surface area contributed by atoms with Crippen LogP contribution < -0.4 is 20.1 Å². The zero-order chi connectivity index (χ0) is 14.9. The van der Waals surface area contributed by atoms with Crippen molar-refractivity contribution >= 4 is 5.91 Å². The zero-order valence-electron chi connectivity index (χ0n) is 12.6. The SMILES string of the molecule is CC(C)(C(=O)NC1CCNC1)c1ccc2c(c1)OCCO2. The van der Waals surface area contributed by atoms with E-state index >= 15 is 0 Å². The molecule has 5 nitrogen and oxygen atoms in total. The molecule has 5 heteroatoms. The van der Waals surface area contributed by atoms with Crippen molar-refractivity contribution in [2.24, 2.45) is 0 Å². The van der Waals surface area contributed by atoms with Crippen LogP contribution in [0, 0.1) is 0 Å². The van der Waals surface area contributed by atoms with Gasteiger partial charge >= 0.3 is 0 Å². The van der Waals surface area contributed by atoms with Crippen LogP contribution in [0.25, 0.3) is 0 Å². The molecule has 114 valence electrons. The summed E-state index contributed by atoms with van der Waals surface area (Å²) < 4.78 is 11.1. The highest BCUT2D eigenvalue weighted by Gasteiger charge is 2.33. The van der Waals surface area contributed by atoms with Gasteiger partial charge in [-0.2, -0.15) is 0 Å². The van der Waals surface area contributed by atoms with Gasteiger partial charge in [0.25, 0.3) is 0 Å². The average molecular weight is 290 g/mol. The fourth-order valence-electron chi connectivity index (χ4n) is 2.71. The Kier molecular flexibility index (Phi) is 3.76. The van der Waals surface area contributed by atoms with Gasteiger partial charge in [-0.15, -0.1) is 0 Å². The minimum absolute atomic E-state index is 0.0490. The molecular formula is C16H22N2O3. The Balaban J connectivity index is 1.78. The fourth-order valence-corrected chi connectivity index (χ4v) is 2.71. The molecule has 1 fully saturated rings. The first-order valence-electron chi connectivity index (χ1n) is 7.49. The van der Waals surface area contributed by atoms with Crippen LogP contribution in [0.1, 0.15) is 25.8 Å². The molecule has 1 atom stereocenters. The van der Waals surface area contributed by atoms with Gasteiger partial charge in [0.2, 0.25) is 5.91 Å². The summed E-state index contributed by atoms with van der Waals surface area (Å²) in [5.74, 6) is 1.52. The Labute approximate surface area is 125 Å². The van der Waals surface area contributed by atoms with E-state index in [2.05, 4.69) is 10.6 Å². The lowest BCUT2D eigenvalue weighted by Crippen LogP contribution is -2.45. The van der Waals surface area contributed by atoms with Gasteiger partial charge < -0.3 is 20.1 Å². The van der Waals surface area contributed by atoms with Crippen LogP contribution in [0.4, 0.5) is 0 Å². The molecule has 0 radical (unpaired) electrons. The smallest absolute Gasteiger partial charge is 0.230 e. The van der Waals surface area contributed by atoms with Crippen LogP contribution in [-0.2, 0) is 10.2 Å². The molecule has 3 rings (SSSR count). The fraction of sp³-hybridized carbons (Fsp3) is 0.562. The summed E-state index contributed by atoms with van der Waals surface area (Å²) >= 11 is 0. The number of carbonyl (C=O) groups is 1. The summed E-state index contributed by atoms with van der Waals surface area (Å²) in [6.45, 7) is 6.83. The van der Waals surface area contributed by atoms with Crippen molar-refractivity contribution in [1.29, 1.82) is 0 Å². The van der Waals surface area contributed by atoms with E-state index in [1.807, 2.05) is 32.0 Å². The molecule has 0 aromatic heterocycles. The highest BCUT2D eigenvalue weighted by Crippen LogP contribution is 2.35. The lowest BCUT2D eigenvalue weighted by atomic mass is 9.83. The number of benzene rings is 1. The maximum absolute atomic E-state index is 12.6. The quantitative estimate of drug-likeness (QED) is 0.878. The summed E-state index contributed by atoms with van der Waals surface area (Å²) in [5, 5.41) is 6.38. The lowest BCUT2D eigenvalue weighted by Gasteiger charge is -2.28. The molecule has 2 N–H and O–H groups in total. The third-order valence-electron chi connectivity index (χ3n) is 4.23. The van der Waals surface area contributed by atoms with E-state index in [1.165, 1.54) is 0 Å². The molecule has 2 aliphatic heterocycles. The van der Waals surface area contributed by atoms with Crippen LogP contribution in [0.15, 0.2) is 18.2 Å². The molecule has 1 saturated heterocycles. The number of hydrogen-bond acceptors (Lipinski definition) is 4. The predicted molar refractivity (Wildman–Crippen MR) is 79.9 cm³/mol. The Morgan fingerprint density at radius 1 is 1.29 bits per heavy atom. The van der Waals surface area contributed by atoms with Crippen molar-refractivity contribution in [1.82, 2.24) is 10.6 Å². The minimum Gasteiger partial charge on any atom is -0.486 e. The molecule has 21 heavy (non-hydrogen) atoms. The normalized spacial score (nSPS) is 21.1. The number of nitrogens with one attached hydrogen (secondary N) is 2.